The highest BCUT2D eigenvalue weighted by Crippen LogP contribution is 2.38. The summed E-state index contributed by atoms with van der Waals surface area (Å²) in [6.07, 6.45) is 3.36. The molecule has 0 fully saturated rings. The van der Waals surface area contributed by atoms with E-state index < -0.39 is 24.4 Å². The molecular formula is C33H25N3O5S. The van der Waals surface area contributed by atoms with E-state index in [1.165, 1.54) is 11.3 Å². The van der Waals surface area contributed by atoms with Crippen molar-refractivity contribution in [2.45, 2.75) is 12.8 Å². The molecule has 9 heteroatoms. The number of amides is 2. The number of rotatable bonds is 7. The monoisotopic (exact) mass is 575 g/mol. The molecule has 2 N–H and O–H groups in total. The number of para-hydroxylation sites is 2. The van der Waals surface area contributed by atoms with Gasteiger partial charge in [-0.1, -0.05) is 54.6 Å². The van der Waals surface area contributed by atoms with Crippen molar-refractivity contribution in [3.05, 3.63) is 124 Å². The number of nitrogens with one attached hydrogen (secondary N) is 2. The number of benzene rings is 3. The first-order chi connectivity index (χ1) is 20.5. The standard InChI is InChI=1S/C33H25N3O5S/c37-29(35-36-32(38)28-14-7-17-42-28)20-40-33(39)30-25-12-4-5-13-27(25)34-31-22(15-16-26(30)31)18-21-8-6-11-24(19-21)41-23-9-2-1-3-10-23/h1-14,17-19H,15-16,20H2,(H,35,37)(H,36,38)/b22-18+. The fourth-order valence-corrected chi connectivity index (χ4v) is 5.46. The fourth-order valence-electron chi connectivity index (χ4n) is 4.84. The summed E-state index contributed by atoms with van der Waals surface area (Å²) in [5, 5.41) is 2.42. The molecule has 6 rings (SSSR count). The zero-order chi connectivity index (χ0) is 28.9. The summed E-state index contributed by atoms with van der Waals surface area (Å²) < 4.78 is 11.4. The normalized spacial score (nSPS) is 13.0. The predicted octanol–water partition coefficient (Wildman–Crippen LogP) is 6.19. The number of nitrogens with zero attached hydrogens (tertiary/aromatic N) is 1. The number of aromatic nitrogens is 1. The van der Waals surface area contributed by atoms with Crippen LogP contribution in [0.3, 0.4) is 0 Å². The SMILES string of the molecule is O=C(COC(=O)c1c2c(nc3ccccc13)/C(=C/c1cccc(Oc3ccccc3)c1)CC2)NNC(=O)c1cccs1. The van der Waals surface area contributed by atoms with Crippen LogP contribution in [0.5, 0.6) is 11.5 Å². The van der Waals surface area contributed by atoms with E-state index in [-0.39, 0.29) is 0 Å². The number of fused-ring (bicyclic) bond motifs is 2. The van der Waals surface area contributed by atoms with Gasteiger partial charge in [-0.3, -0.25) is 20.4 Å². The van der Waals surface area contributed by atoms with Crippen molar-refractivity contribution in [1.82, 2.24) is 15.8 Å². The van der Waals surface area contributed by atoms with Crippen LogP contribution < -0.4 is 15.6 Å². The van der Waals surface area contributed by atoms with Gasteiger partial charge < -0.3 is 9.47 Å². The van der Waals surface area contributed by atoms with Gasteiger partial charge in [0.05, 0.1) is 21.7 Å². The highest BCUT2D eigenvalue weighted by molar-refractivity contribution is 7.12. The molecule has 8 nitrogen and oxygen atoms in total. The van der Waals surface area contributed by atoms with E-state index in [2.05, 4.69) is 16.9 Å². The number of thiophene rings is 1. The lowest BCUT2D eigenvalue weighted by atomic mass is 10.0. The molecule has 1 aliphatic rings. The Morgan fingerprint density at radius 1 is 0.857 bits per heavy atom. The molecule has 0 aliphatic heterocycles. The molecular weight excluding hydrogens is 550 g/mol. The van der Waals surface area contributed by atoms with Gasteiger partial charge in [0.25, 0.3) is 11.8 Å². The summed E-state index contributed by atoms with van der Waals surface area (Å²) in [5.74, 6) is -0.248. The van der Waals surface area contributed by atoms with E-state index in [0.717, 1.165) is 33.9 Å². The van der Waals surface area contributed by atoms with Gasteiger partial charge in [0, 0.05) is 5.39 Å². The number of hydrogen-bond donors (Lipinski definition) is 2. The Labute approximate surface area is 245 Å². The van der Waals surface area contributed by atoms with Crippen LogP contribution >= 0.6 is 11.3 Å². The topological polar surface area (TPSA) is 107 Å². The quantitative estimate of drug-likeness (QED) is 0.177. The number of hydrogen-bond acceptors (Lipinski definition) is 7. The molecule has 0 radical (unpaired) electrons. The maximum absolute atomic E-state index is 13.4. The summed E-state index contributed by atoms with van der Waals surface area (Å²) >= 11 is 1.25. The Morgan fingerprint density at radius 2 is 1.67 bits per heavy atom. The van der Waals surface area contributed by atoms with Crippen molar-refractivity contribution in [2.24, 2.45) is 0 Å². The van der Waals surface area contributed by atoms with E-state index in [4.69, 9.17) is 14.5 Å². The highest BCUT2D eigenvalue weighted by Gasteiger charge is 2.28. The number of carbonyl (C=O) groups excluding carboxylic acids is 3. The predicted molar refractivity (Wildman–Crippen MR) is 161 cm³/mol. The number of hydrazine groups is 1. The van der Waals surface area contributed by atoms with Crippen molar-refractivity contribution in [3.8, 4) is 11.5 Å². The van der Waals surface area contributed by atoms with Crippen LogP contribution in [-0.4, -0.2) is 29.4 Å². The smallest absolute Gasteiger partial charge is 0.339 e. The minimum absolute atomic E-state index is 0.399. The Kier molecular flexibility index (Phi) is 7.74. The van der Waals surface area contributed by atoms with Crippen LogP contribution in [0.4, 0.5) is 0 Å². The second-order valence-electron chi connectivity index (χ2n) is 9.54. The number of carbonyl (C=O) groups is 3. The average Bonchev–Trinajstić information content (AvgIpc) is 3.69. The maximum Gasteiger partial charge on any atom is 0.339 e. The number of pyridine rings is 1. The molecule has 0 atom stereocenters. The number of ether oxygens (including phenoxy) is 2. The molecule has 3 aromatic carbocycles. The molecule has 1 aliphatic carbocycles. The van der Waals surface area contributed by atoms with Crippen LogP contribution in [0.1, 0.15) is 43.3 Å². The minimum Gasteiger partial charge on any atom is -0.457 e. The summed E-state index contributed by atoms with van der Waals surface area (Å²) in [5.41, 5.74) is 9.13. The van der Waals surface area contributed by atoms with Crippen LogP contribution in [-0.2, 0) is 16.0 Å². The lowest BCUT2D eigenvalue weighted by molar-refractivity contribution is -0.125. The highest BCUT2D eigenvalue weighted by atomic mass is 32.1. The lowest BCUT2D eigenvalue weighted by Gasteiger charge is -2.13. The Hall–Kier alpha value is -5.28. The molecule has 42 heavy (non-hydrogen) atoms. The third kappa shape index (κ3) is 5.91. The van der Waals surface area contributed by atoms with Gasteiger partial charge in [-0.05, 0) is 77.4 Å². The zero-order valence-electron chi connectivity index (χ0n) is 22.3. The van der Waals surface area contributed by atoms with Crippen molar-refractivity contribution in [3.63, 3.8) is 0 Å². The Bertz CT molecular complexity index is 1820. The van der Waals surface area contributed by atoms with Crippen molar-refractivity contribution < 1.29 is 23.9 Å². The first-order valence-corrected chi connectivity index (χ1v) is 14.2. The first-order valence-electron chi connectivity index (χ1n) is 13.3. The summed E-state index contributed by atoms with van der Waals surface area (Å²) in [6.45, 7) is -0.550. The minimum atomic E-state index is -0.651. The molecule has 2 aromatic heterocycles. The molecule has 0 saturated carbocycles. The van der Waals surface area contributed by atoms with Gasteiger partial charge in [-0.2, -0.15) is 0 Å². The largest absolute Gasteiger partial charge is 0.457 e. The van der Waals surface area contributed by atoms with Crippen molar-refractivity contribution in [2.75, 3.05) is 6.61 Å². The van der Waals surface area contributed by atoms with Crippen molar-refractivity contribution in [1.29, 1.82) is 0 Å². The van der Waals surface area contributed by atoms with Crippen LogP contribution in [0.2, 0.25) is 0 Å². The van der Waals surface area contributed by atoms with E-state index in [1.54, 1.807) is 17.5 Å². The summed E-state index contributed by atoms with van der Waals surface area (Å²) in [7, 11) is 0. The third-order valence-corrected chi connectivity index (χ3v) is 7.59. The second kappa shape index (κ2) is 12.1. The van der Waals surface area contributed by atoms with Gasteiger partial charge >= 0.3 is 5.97 Å². The molecule has 0 bridgehead atoms. The molecule has 2 heterocycles. The summed E-state index contributed by atoms with van der Waals surface area (Å²) in [4.78, 5) is 43.1. The van der Waals surface area contributed by atoms with Gasteiger partial charge in [-0.15, -0.1) is 11.3 Å². The van der Waals surface area contributed by atoms with Crippen molar-refractivity contribution >= 4 is 51.7 Å². The van der Waals surface area contributed by atoms with Gasteiger partial charge in [0.1, 0.15) is 11.5 Å². The maximum atomic E-state index is 13.4. The van der Waals surface area contributed by atoms with E-state index in [1.807, 2.05) is 78.9 Å². The Balaban J connectivity index is 1.22. The molecule has 0 spiro atoms. The fraction of sp³-hybridized carbons (Fsp3) is 0.0909. The zero-order valence-corrected chi connectivity index (χ0v) is 23.1. The van der Waals surface area contributed by atoms with Crippen LogP contribution in [0.15, 0.2) is 96.4 Å². The molecule has 5 aromatic rings. The van der Waals surface area contributed by atoms with E-state index in [9.17, 15) is 14.4 Å². The van der Waals surface area contributed by atoms with E-state index in [0.29, 0.717) is 34.2 Å². The molecule has 0 unspecified atom stereocenters. The molecule has 208 valence electrons. The van der Waals surface area contributed by atoms with Crippen LogP contribution in [0, 0.1) is 0 Å². The molecule has 2 amide bonds. The van der Waals surface area contributed by atoms with Gasteiger partial charge in [0.15, 0.2) is 6.61 Å². The summed E-state index contributed by atoms with van der Waals surface area (Å²) in [6, 6.07) is 28.1. The van der Waals surface area contributed by atoms with Gasteiger partial charge in [0.2, 0.25) is 0 Å². The lowest BCUT2D eigenvalue weighted by Crippen LogP contribution is -2.43. The average molecular weight is 576 g/mol. The Morgan fingerprint density at radius 3 is 2.50 bits per heavy atom. The van der Waals surface area contributed by atoms with E-state index >= 15 is 0 Å². The number of allylic oxidation sites excluding steroid dienone is 1. The number of esters is 1. The first kappa shape index (κ1) is 26.9. The third-order valence-electron chi connectivity index (χ3n) is 6.72. The van der Waals surface area contributed by atoms with Gasteiger partial charge in [-0.25, -0.2) is 9.78 Å². The molecule has 0 saturated heterocycles. The second-order valence-corrected chi connectivity index (χ2v) is 10.5. The van der Waals surface area contributed by atoms with Crippen LogP contribution in [0.25, 0.3) is 22.6 Å².